The summed E-state index contributed by atoms with van der Waals surface area (Å²) in [5.74, 6) is -1.08. The van der Waals surface area contributed by atoms with Gasteiger partial charge in [0.1, 0.15) is 5.41 Å². The molecule has 0 bridgehead atoms. The highest BCUT2D eigenvalue weighted by atomic mass is 19.3. The Morgan fingerprint density at radius 3 is 2.10 bits per heavy atom. The normalized spacial score (nSPS) is 11.8. The summed E-state index contributed by atoms with van der Waals surface area (Å²) in [6.45, 7) is 2.09. The molecule has 0 aromatic carbocycles. The zero-order valence-electron chi connectivity index (χ0n) is 5.69. The van der Waals surface area contributed by atoms with Crippen molar-refractivity contribution in [3.05, 3.63) is 0 Å². The van der Waals surface area contributed by atoms with Gasteiger partial charge in [-0.05, 0) is 13.8 Å². The highest BCUT2D eigenvalue weighted by Crippen LogP contribution is 2.24. The van der Waals surface area contributed by atoms with E-state index in [0.29, 0.717) is 0 Å². The Morgan fingerprint density at radius 1 is 1.60 bits per heavy atom. The summed E-state index contributed by atoms with van der Waals surface area (Å²) >= 11 is 0. The SMILES string of the molecule is CC(C)(C(=O)NO)C(F)F. The van der Waals surface area contributed by atoms with Crippen LogP contribution >= 0.6 is 0 Å². The van der Waals surface area contributed by atoms with Crippen LogP contribution in [0.2, 0.25) is 0 Å². The lowest BCUT2D eigenvalue weighted by molar-refractivity contribution is -0.146. The average molecular weight is 153 g/mol. The molecule has 0 aliphatic carbocycles. The highest BCUT2D eigenvalue weighted by molar-refractivity contribution is 5.81. The number of nitrogens with one attached hydrogen (secondary N) is 1. The van der Waals surface area contributed by atoms with Gasteiger partial charge in [0.15, 0.2) is 0 Å². The maximum absolute atomic E-state index is 11.9. The molecule has 60 valence electrons. The summed E-state index contributed by atoms with van der Waals surface area (Å²) in [5.41, 5.74) is -0.657. The van der Waals surface area contributed by atoms with Crippen molar-refractivity contribution >= 4 is 5.91 Å². The van der Waals surface area contributed by atoms with E-state index in [1.807, 2.05) is 0 Å². The van der Waals surface area contributed by atoms with Crippen LogP contribution in [0.5, 0.6) is 0 Å². The van der Waals surface area contributed by atoms with Crippen LogP contribution in [-0.4, -0.2) is 17.5 Å². The van der Waals surface area contributed by atoms with Crippen LogP contribution in [0.15, 0.2) is 0 Å². The summed E-state index contributed by atoms with van der Waals surface area (Å²) in [4.78, 5) is 10.4. The number of carbonyl (C=O) groups is 1. The predicted octanol–water partition coefficient (Wildman–Crippen LogP) is 0.783. The second-order valence-corrected chi connectivity index (χ2v) is 2.46. The molecule has 0 heterocycles. The number of carbonyl (C=O) groups excluding carboxylic acids is 1. The Labute approximate surface area is 57.0 Å². The van der Waals surface area contributed by atoms with E-state index >= 15 is 0 Å². The Morgan fingerprint density at radius 2 is 2.00 bits per heavy atom. The van der Waals surface area contributed by atoms with Gasteiger partial charge < -0.3 is 0 Å². The summed E-state index contributed by atoms with van der Waals surface area (Å²) in [5, 5.41) is 7.99. The van der Waals surface area contributed by atoms with Gasteiger partial charge in [-0.1, -0.05) is 0 Å². The van der Waals surface area contributed by atoms with E-state index in [-0.39, 0.29) is 0 Å². The Hall–Kier alpha value is -0.710. The van der Waals surface area contributed by atoms with Crippen molar-refractivity contribution < 1.29 is 18.8 Å². The van der Waals surface area contributed by atoms with E-state index in [1.54, 1.807) is 0 Å². The van der Waals surface area contributed by atoms with Gasteiger partial charge >= 0.3 is 0 Å². The Bertz CT molecular complexity index is 136. The van der Waals surface area contributed by atoms with Crippen molar-refractivity contribution in [2.75, 3.05) is 0 Å². The first-order valence-corrected chi connectivity index (χ1v) is 2.65. The lowest BCUT2D eigenvalue weighted by atomic mass is 9.94. The molecule has 0 rings (SSSR count). The molecule has 5 heteroatoms. The summed E-state index contributed by atoms with van der Waals surface area (Å²) in [6.07, 6.45) is -2.78. The van der Waals surface area contributed by atoms with E-state index in [1.165, 1.54) is 5.48 Å². The van der Waals surface area contributed by atoms with Crippen molar-refractivity contribution in [3.8, 4) is 0 Å². The van der Waals surface area contributed by atoms with Gasteiger partial charge in [0.25, 0.3) is 12.3 Å². The molecule has 0 saturated heterocycles. The van der Waals surface area contributed by atoms with Gasteiger partial charge in [-0.2, -0.15) is 0 Å². The third-order valence-electron chi connectivity index (χ3n) is 1.23. The number of halogens is 2. The quantitative estimate of drug-likeness (QED) is 0.455. The average Bonchev–Trinajstić information content (AvgIpc) is 1.86. The third kappa shape index (κ3) is 1.63. The fourth-order valence-corrected chi connectivity index (χ4v) is 0.243. The summed E-state index contributed by atoms with van der Waals surface area (Å²) in [7, 11) is 0. The number of amides is 1. The molecule has 0 aliphatic heterocycles. The third-order valence-corrected chi connectivity index (χ3v) is 1.23. The number of hydrogen-bond acceptors (Lipinski definition) is 2. The van der Waals surface area contributed by atoms with E-state index in [0.717, 1.165) is 13.8 Å². The molecule has 0 aliphatic rings. The van der Waals surface area contributed by atoms with Crippen LogP contribution in [0.1, 0.15) is 13.8 Å². The predicted molar refractivity (Wildman–Crippen MR) is 29.7 cm³/mol. The minimum Gasteiger partial charge on any atom is -0.289 e. The largest absolute Gasteiger partial charge is 0.289 e. The maximum Gasteiger partial charge on any atom is 0.254 e. The van der Waals surface area contributed by atoms with Gasteiger partial charge in [0.05, 0.1) is 0 Å². The van der Waals surface area contributed by atoms with E-state index in [2.05, 4.69) is 0 Å². The Kier molecular flexibility index (Phi) is 2.71. The molecule has 10 heavy (non-hydrogen) atoms. The standard InChI is InChI=1S/C5H9F2NO2/c1-5(2,3(6)7)4(9)8-10/h3,10H,1-2H3,(H,8,9). The molecule has 3 nitrogen and oxygen atoms in total. The van der Waals surface area contributed by atoms with Crippen molar-refractivity contribution in [2.45, 2.75) is 20.3 Å². The fourth-order valence-electron chi connectivity index (χ4n) is 0.243. The van der Waals surface area contributed by atoms with E-state index in [4.69, 9.17) is 5.21 Å². The molecular weight excluding hydrogens is 144 g/mol. The van der Waals surface area contributed by atoms with Gasteiger partial charge in [0.2, 0.25) is 0 Å². The second-order valence-electron chi connectivity index (χ2n) is 2.46. The van der Waals surface area contributed by atoms with Crippen LogP contribution in [-0.2, 0) is 4.79 Å². The molecule has 0 spiro atoms. The number of hydrogen-bond donors (Lipinski definition) is 2. The molecule has 0 aromatic rings. The second kappa shape index (κ2) is 2.92. The van der Waals surface area contributed by atoms with Crippen molar-refractivity contribution in [1.29, 1.82) is 0 Å². The lowest BCUT2D eigenvalue weighted by Crippen LogP contribution is -2.40. The van der Waals surface area contributed by atoms with Crippen LogP contribution in [0, 0.1) is 5.41 Å². The molecule has 0 radical (unpaired) electrons. The van der Waals surface area contributed by atoms with Crippen molar-refractivity contribution in [3.63, 3.8) is 0 Å². The fraction of sp³-hybridized carbons (Fsp3) is 0.800. The molecule has 2 N–H and O–H groups in total. The zero-order chi connectivity index (χ0) is 8.36. The molecule has 0 atom stereocenters. The van der Waals surface area contributed by atoms with Crippen molar-refractivity contribution in [1.82, 2.24) is 5.48 Å². The van der Waals surface area contributed by atoms with Crippen LogP contribution < -0.4 is 5.48 Å². The van der Waals surface area contributed by atoms with Crippen LogP contribution in [0.3, 0.4) is 0 Å². The van der Waals surface area contributed by atoms with Crippen LogP contribution in [0.4, 0.5) is 8.78 Å². The summed E-state index contributed by atoms with van der Waals surface area (Å²) in [6, 6.07) is 0. The monoisotopic (exact) mass is 153 g/mol. The molecule has 0 aromatic heterocycles. The first kappa shape index (κ1) is 9.29. The van der Waals surface area contributed by atoms with Crippen molar-refractivity contribution in [2.24, 2.45) is 5.41 Å². The minimum atomic E-state index is -2.78. The molecule has 1 amide bonds. The Balaban J connectivity index is 4.24. The molecule has 0 fully saturated rings. The number of rotatable bonds is 2. The van der Waals surface area contributed by atoms with Gasteiger partial charge in [-0.25, -0.2) is 14.3 Å². The zero-order valence-corrected chi connectivity index (χ0v) is 5.69. The first-order chi connectivity index (χ1) is 4.42. The topological polar surface area (TPSA) is 49.3 Å². The molecule has 0 unspecified atom stereocenters. The van der Waals surface area contributed by atoms with Gasteiger partial charge in [0, 0.05) is 0 Å². The van der Waals surface area contributed by atoms with E-state index in [9.17, 15) is 13.6 Å². The maximum atomic E-state index is 11.9. The first-order valence-electron chi connectivity index (χ1n) is 2.65. The molecule has 0 saturated carbocycles. The summed E-state index contributed by atoms with van der Waals surface area (Å²) < 4.78 is 23.8. The number of hydroxylamine groups is 1. The number of alkyl halides is 2. The van der Waals surface area contributed by atoms with Gasteiger partial charge in [-0.3, -0.25) is 10.0 Å². The smallest absolute Gasteiger partial charge is 0.254 e. The minimum absolute atomic E-state index is 1.04. The lowest BCUT2D eigenvalue weighted by Gasteiger charge is -2.19. The van der Waals surface area contributed by atoms with Crippen LogP contribution in [0.25, 0.3) is 0 Å². The highest BCUT2D eigenvalue weighted by Gasteiger charge is 2.37. The van der Waals surface area contributed by atoms with E-state index < -0.39 is 17.7 Å². The molecular formula is C5H9F2NO2. The van der Waals surface area contributed by atoms with Gasteiger partial charge in [-0.15, -0.1) is 0 Å².